The summed E-state index contributed by atoms with van der Waals surface area (Å²) >= 11 is 0. The molecule has 1 saturated carbocycles. The lowest BCUT2D eigenvalue weighted by molar-refractivity contribution is -0.135. The number of methoxy groups -OCH3 is 1. The van der Waals surface area contributed by atoms with Gasteiger partial charge in [0.25, 0.3) is 0 Å². The Morgan fingerprint density at radius 3 is 2.78 bits per heavy atom. The Balaban J connectivity index is 2.00. The lowest BCUT2D eigenvalue weighted by Crippen LogP contribution is -2.42. The first-order valence-electron chi connectivity index (χ1n) is 8.40. The molecule has 2 N–H and O–H groups in total. The van der Waals surface area contributed by atoms with Gasteiger partial charge in [0.2, 0.25) is 5.91 Å². The Bertz CT molecular complexity index is 500. The third-order valence-corrected chi connectivity index (χ3v) is 4.61. The number of carbonyl (C=O) groups is 1. The molecule has 0 radical (unpaired) electrons. The van der Waals surface area contributed by atoms with Crippen LogP contribution in [0.15, 0.2) is 24.3 Å². The molecule has 5 heteroatoms. The average Bonchev–Trinajstić information content (AvgIpc) is 3.07. The molecule has 1 amide bonds. The highest BCUT2D eigenvalue weighted by atomic mass is 19.1. The molecule has 23 heavy (non-hydrogen) atoms. The summed E-state index contributed by atoms with van der Waals surface area (Å²) in [4.78, 5) is 14.6. The fraction of sp³-hybridized carbons (Fsp3) is 0.611. The van der Waals surface area contributed by atoms with Crippen molar-refractivity contribution >= 4 is 5.91 Å². The summed E-state index contributed by atoms with van der Waals surface area (Å²) in [6.07, 6.45) is 5.18. The van der Waals surface area contributed by atoms with Gasteiger partial charge in [0.15, 0.2) is 0 Å². The number of amides is 1. The second kappa shape index (κ2) is 8.99. The maximum Gasteiger partial charge on any atom is 0.225 e. The van der Waals surface area contributed by atoms with Crippen molar-refractivity contribution in [3.63, 3.8) is 0 Å². The van der Waals surface area contributed by atoms with Gasteiger partial charge in [-0.3, -0.25) is 4.79 Å². The van der Waals surface area contributed by atoms with Gasteiger partial charge >= 0.3 is 0 Å². The van der Waals surface area contributed by atoms with Crippen LogP contribution < -0.4 is 5.73 Å². The molecular formula is C18H27FN2O2. The van der Waals surface area contributed by atoms with E-state index in [0.717, 1.165) is 18.4 Å². The van der Waals surface area contributed by atoms with Crippen molar-refractivity contribution in [2.75, 3.05) is 20.2 Å². The van der Waals surface area contributed by atoms with Crippen molar-refractivity contribution in [2.45, 2.75) is 50.7 Å². The molecule has 0 saturated heterocycles. The van der Waals surface area contributed by atoms with E-state index in [4.69, 9.17) is 10.5 Å². The topological polar surface area (TPSA) is 55.6 Å². The number of benzene rings is 1. The quantitative estimate of drug-likeness (QED) is 0.800. The smallest absolute Gasteiger partial charge is 0.225 e. The highest BCUT2D eigenvalue weighted by Crippen LogP contribution is 2.24. The fourth-order valence-corrected chi connectivity index (χ4v) is 3.24. The number of nitrogens with two attached hydrogens (primary N) is 1. The first-order valence-corrected chi connectivity index (χ1v) is 8.40. The summed E-state index contributed by atoms with van der Waals surface area (Å²) in [5, 5.41) is 0. The van der Waals surface area contributed by atoms with Crippen LogP contribution in [-0.4, -0.2) is 43.2 Å². The van der Waals surface area contributed by atoms with Crippen LogP contribution in [0.2, 0.25) is 0 Å². The van der Waals surface area contributed by atoms with Gasteiger partial charge in [0.1, 0.15) is 5.82 Å². The minimum absolute atomic E-state index is 0.0885. The third kappa shape index (κ3) is 5.29. The molecule has 1 aromatic carbocycles. The SMILES string of the molecule is COC(CN)CC(=O)N(CCc1cccc(F)c1)C1CCCC1. The molecule has 1 aliphatic carbocycles. The fourth-order valence-electron chi connectivity index (χ4n) is 3.24. The molecule has 1 fully saturated rings. The molecule has 0 spiro atoms. The molecule has 0 heterocycles. The Labute approximate surface area is 137 Å². The van der Waals surface area contributed by atoms with Crippen molar-refractivity contribution in [2.24, 2.45) is 5.73 Å². The van der Waals surface area contributed by atoms with Crippen LogP contribution in [0, 0.1) is 5.82 Å². The first kappa shape index (κ1) is 17.9. The molecule has 0 aromatic heterocycles. The molecule has 0 bridgehead atoms. The minimum Gasteiger partial charge on any atom is -0.380 e. The number of nitrogens with zero attached hydrogens (tertiary/aromatic N) is 1. The van der Waals surface area contributed by atoms with Crippen molar-refractivity contribution in [3.05, 3.63) is 35.6 Å². The van der Waals surface area contributed by atoms with E-state index >= 15 is 0 Å². The van der Waals surface area contributed by atoms with E-state index < -0.39 is 0 Å². The van der Waals surface area contributed by atoms with Gasteiger partial charge in [-0.2, -0.15) is 0 Å². The highest BCUT2D eigenvalue weighted by Gasteiger charge is 2.27. The van der Waals surface area contributed by atoms with Crippen LogP contribution in [0.5, 0.6) is 0 Å². The van der Waals surface area contributed by atoms with Crippen LogP contribution in [0.4, 0.5) is 4.39 Å². The average molecular weight is 322 g/mol. The summed E-state index contributed by atoms with van der Waals surface area (Å²) < 4.78 is 18.5. The van der Waals surface area contributed by atoms with E-state index in [1.165, 1.54) is 25.0 Å². The third-order valence-electron chi connectivity index (χ3n) is 4.61. The first-order chi connectivity index (χ1) is 11.1. The largest absolute Gasteiger partial charge is 0.380 e. The van der Waals surface area contributed by atoms with Gasteiger partial charge in [0.05, 0.1) is 12.5 Å². The summed E-state index contributed by atoms with van der Waals surface area (Å²) in [7, 11) is 1.58. The number of hydrogen-bond donors (Lipinski definition) is 1. The Morgan fingerprint density at radius 2 is 2.17 bits per heavy atom. The molecule has 1 unspecified atom stereocenters. The molecule has 0 aliphatic heterocycles. The number of rotatable bonds is 8. The zero-order chi connectivity index (χ0) is 16.7. The number of hydrogen-bond acceptors (Lipinski definition) is 3. The molecule has 128 valence electrons. The van der Waals surface area contributed by atoms with Gasteiger partial charge in [-0.15, -0.1) is 0 Å². The highest BCUT2D eigenvalue weighted by molar-refractivity contribution is 5.77. The van der Waals surface area contributed by atoms with Gasteiger partial charge < -0.3 is 15.4 Å². The van der Waals surface area contributed by atoms with Gasteiger partial charge in [-0.05, 0) is 37.0 Å². The van der Waals surface area contributed by atoms with E-state index in [-0.39, 0.29) is 17.8 Å². The lowest BCUT2D eigenvalue weighted by atomic mass is 10.1. The maximum absolute atomic E-state index is 13.3. The van der Waals surface area contributed by atoms with Gasteiger partial charge in [-0.1, -0.05) is 25.0 Å². The lowest BCUT2D eigenvalue weighted by Gasteiger charge is -2.30. The van der Waals surface area contributed by atoms with E-state index in [0.29, 0.717) is 32.0 Å². The summed E-state index contributed by atoms with van der Waals surface area (Å²) in [5.41, 5.74) is 6.55. The van der Waals surface area contributed by atoms with Crippen LogP contribution in [0.25, 0.3) is 0 Å². The Morgan fingerprint density at radius 1 is 1.43 bits per heavy atom. The van der Waals surface area contributed by atoms with Gasteiger partial charge in [-0.25, -0.2) is 4.39 Å². The monoisotopic (exact) mass is 322 g/mol. The zero-order valence-electron chi connectivity index (χ0n) is 13.8. The predicted octanol–water partition coefficient (Wildman–Crippen LogP) is 2.50. The van der Waals surface area contributed by atoms with Crippen LogP contribution >= 0.6 is 0 Å². The normalized spacial score (nSPS) is 16.5. The molecule has 1 aromatic rings. The molecule has 1 atom stereocenters. The number of ether oxygens (including phenoxy) is 1. The summed E-state index contributed by atoms with van der Waals surface area (Å²) in [6.45, 7) is 0.957. The van der Waals surface area contributed by atoms with Crippen LogP contribution in [-0.2, 0) is 16.0 Å². The molecule has 1 aliphatic rings. The van der Waals surface area contributed by atoms with E-state index in [9.17, 15) is 9.18 Å². The van der Waals surface area contributed by atoms with Crippen LogP contribution in [0.1, 0.15) is 37.7 Å². The Hall–Kier alpha value is -1.46. The van der Waals surface area contributed by atoms with Crippen molar-refractivity contribution < 1.29 is 13.9 Å². The predicted molar refractivity (Wildman–Crippen MR) is 88.5 cm³/mol. The zero-order valence-corrected chi connectivity index (χ0v) is 13.8. The number of halogens is 1. The Kier molecular flexibility index (Phi) is 6.99. The molecule has 4 nitrogen and oxygen atoms in total. The molecular weight excluding hydrogens is 295 g/mol. The standard InChI is InChI=1S/C18H27FN2O2/c1-23-17(13-20)12-18(22)21(16-7-2-3-8-16)10-9-14-5-4-6-15(19)11-14/h4-6,11,16-17H,2-3,7-10,12-13,20H2,1H3. The minimum atomic E-state index is -0.236. The molecule has 2 rings (SSSR count). The summed E-state index contributed by atoms with van der Waals surface area (Å²) in [6, 6.07) is 6.88. The maximum atomic E-state index is 13.3. The van der Waals surface area contributed by atoms with Crippen molar-refractivity contribution in [3.8, 4) is 0 Å². The number of carbonyl (C=O) groups excluding carboxylic acids is 1. The van der Waals surface area contributed by atoms with Gasteiger partial charge in [0, 0.05) is 26.2 Å². The second-order valence-corrected chi connectivity index (χ2v) is 6.20. The van der Waals surface area contributed by atoms with Crippen LogP contribution in [0.3, 0.4) is 0 Å². The van der Waals surface area contributed by atoms with Crippen molar-refractivity contribution in [1.82, 2.24) is 4.90 Å². The second-order valence-electron chi connectivity index (χ2n) is 6.20. The summed E-state index contributed by atoms with van der Waals surface area (Å²) in [5.74, 6) is -0.144. The van der Waals surface area contributed by atoms with Crippen molar-refractivity contribution in [1.29, 1.82) is 0 Å². The van der Waals surface area contributed by atoms with E-state index in [1.807, 2.05) is 11.0 Å². The van der Waals surface area contributed by atoms with E-state index in [1.54, 1.807) is 13.2 Å². The van der Waals surface area contributed by atoms with E-state index in [2.05, 4.69) is 0 Å².